The van der Waals surface area contributed by atoms with Crippen LogP contribution in [0.15, 0.2) is 237 Å². The van der Waals surface area contributed by atoms with Crippen LogP contribution in [-0.2, 0) is 0 Å². The standard InChI is InChI=1S/C58H39N3/c1-7-21-40(22-8-1)47-33-19-35-49-50-36-20-34-48(41-23-9-2-10-24-41)56(50)61(55(47)49)57-51(42-25-11-3-12-26-42)37-46(38-52(57)43-27-13-4-14-28-43)54-39-53(44-29-15-5-16-30-44)59-58(60-54)45-31-17-6-18-32-45/h1-39H. The molecule has 0 saturated heterocycles. The van der Waals surface area contributed by atoms with Crippen molar-refractivity contribution < 1.29 is 0 Å². The van der Waals surface area contributed by atoms with E-state index in [0.717, 1.165) is 67.1 Å². The van der Waals surface area contributed by atoms with E-state index in [-0.39, 0.29) is 0 Å². The van der Waals surface area contributed by atoms with E-state index in [1.54, 1.807) is 0 Å². The highest BCUT2D eigenvalue weighted by atomic mass is 15.0. The zero-order valence-electron chi connectivity index (χ0n) is 33.4. The maximum absolute atomic E-state index is 5.35. The van der Waals surface area contributed by atoms with E-state index in [0.29, 0.717) is 5.82 Å². The summed E-state index contributed by atoms with van der Waals surface area (Å²) in [6.07, 6.45) is 0. The van der Waals surface area contributed by atoms with Gasteiger partial charge in [0.25, 0.3) is 0 Å². The van der Waals surface area contributed by atoms with Crippen LogP contribution in [0.25, 0.3) is 106 Å². The zero-order valence-corrected chi connectivity index (χ0v) is 33.4. The van der Waals surface area contributed by atoms with Crippen LogP contribution < -0.4 is 0 Å². The summed E-state index contributed by atoms with van der Waals surface area (Å²) in [5, 5.41) is 2.40. The second kappa shape index (κ2) is 15.6. The van der Waals surface area contributed by atoms with Crippen LogP contribution >= 0.6 is 0 Å². The summed E-state index contributed by atoms with van der Waals surface area (Å²) in [6, 6.07) is 84.2. The Bertz CT molecular complexity index is 3090. The molecule has 3 heteroatoms. The summed E-state index contributed by atoms with van der Waals surface area (Å²) in [5.74, 6) is 0.686. The molecule has 0 amide bonds. The Labute approximate surface area is 355 Å². The lowest BCUT2D eigenvalue weighted by atomic mass is 9.91. The highest BCUT2D eigenvalue weighted by Crippen LogP contribution is 2.47. The van der Waals surface area contributed by atoms with E-state index < -0.39 is 0 Å². The van der Waals surface area contributed by atoms with Crippen molar-refractivity contribution in [1.29, 1.82) is 0 Å². The first-order valence-electron chi connectivity index (χ1n) is 20.7. The first-order chi connectivity index (χ1) is 30.3. The molecule has 2 heterocycles. The highest BCUT2D eigenvalue weighted by Gasteiger charge is 2.25. The number of rotatable bonds is 8. The maximum atomic E-state index is 5.35. The molecular formula is C58H39N3. The third-order valence-electron chi connectivity index (χ3n) is 11.6. The van der Waals surface area contributed by atoms with Crippen LogP contribution in [-0.4, -0.2) is 14.5 Å². The number of benzene rings is 9. The van der Waals surface area contributed by atoms with Gasteiger partial charge < -0.3 is 4.57 Å². The molecule has 11 rings (SSSR count). The molecule has 0 N–H and O–H groups in total. The molecule has 9 aromatic carbocycles. The minimum Gasteiger partial charge on any atom is -0.307 e. The van der Waals surface area contributed by atoms with E-state index in [2.05, 4.69) is 217 Å². The molecule has 0 fully saturated rings. The number of fused-ring (bicyclic) bond motifs is 3. The van der Waals surface area contributed by atoms with Gasteiger partial charge in [-0.1, -0.05) is 218 Å². The maximum Gasteiger partial charge on any atom is 0.160 e. The number of para-hydroxylation sites is 2. The van der Waals surface area contributed by atoms with Crippen molar-refractivity contribution in [3.63, 3.8) is 0 Å². The monoisotopic (exact) mass is 777 g/mol. The van der Waals surface area contributed by atoms with Crippen molar-refractivity contribution >= 4 is 21.8 Å². The average molecular weight is 778 g/mol. The van der Waals surface area contributed by atoms with Crippen molar-refractivity contribution in [3.8, 4) is 84.1 Å². The molecule has 61 heavy (non-hydrogen) atoms. The fourth-order valence-corrected chi connectivity index (χ4v) is 8.81. The van der Waals surface area contributed by atoms with Crippen LogP contribution in [0.1, 0.15) is 0 Å². The lowest BCUT2D eigenvalue weighted by Crippen LogP contribution is -2.04. The van der Waals surface area contributed by atoms with Crippen molar-refractivity contribution in [2.24, 2.45) is 0 Å². The quantitative estimate of drug-likeness (QED) is 0.154. The SMILES string of the molecule is c1ccc(-c2cc(-c3cc(-c4ccccc4)c(-n4c5c(-c6ccccc6)cccc5c5cccc(-c6ccccc6)c54)c(-c4ccccc4)c3)nc(-c3ccccc3)n2)cc1. The first-order valence-corrected chi connectivity index (χ1v) is 20.7. The van der Waals surface area contributed by atoms with E-state index in [1.165, 1.54) is 33.0 Å². The molecule has 286 valence electrons. The van der Waals surface area contributed by atoms with Crippen molar-refractivity contribution in [2.45, 2.75) is 0 Å². The summed E-state index contributed by atoms with van der Waals surface area (Å²) in [7, 11) is 0. The van der Waals surface area contributed by atoms with Crippen LogP contribution in [0, 0.1) is 0 Å². The predicted molar refractivity (Wildman–Crippen MR) is 254 cm³/mol. The van der Waals surface area contributed by atoms with Gasteiger partial charge in [-0.25, -0.2) is 9.97 Å². The van der Waals surface area contributed by atoms with Gasteiger partial charge in [0.15, 0.2) is 5.82 Å². The molecule has 0 atom stereocenters. The van der Waals surface area contributed by atoms with Gasteiger partial charge in [0.05, 0.1) is 28.1 Å². The molecule has 0 radical (unpaired) electrons. The summed E-state index contributed by atoms with van der Waals surface area (Å²) in [4.78, 5) is 10.5. The molecule has 0 aliphatic carbocycles. The lowest BCUT2D eigenvalue weighted by Gasteiger charge is -2.23. The van der Waals surface area contributed by atoms with E-state index in [9.17, 15) is 0 Å². The van der Waals surface area contributed by atoms with Gasteiger partial charge in [0.1, 0.15) is 0 Å². The summed E-state index contributed by atoms with van der Waals surface area (Å²) in [5.41, 5.74) is 17.3. The van der Waals surface area contributed by atoms with Crippen LogP contribution in [0.4, 0.5) is 0 Å². The van der Waals surface area contributed by atoms with Gasteiger partial charge in [-0.15, -0.1) is 0 Å². The number of hydrogen-bond acceptors (Lipinski definition) is 2. The molecule has 3 nitrogen and oxygen atoms in total. The second-order valence-electron chi connectivity index (χ2n) is 15.3. The van der Waals surface area contributed by atoms with E-state index in [4.69, 9.17) is 9.97 Å². The third kappa shape index (κ3) is 6.59. The Hall–Kier alpha value is -8.14. The highest BCUT2D eigenvalue weighted by molar-refractivity contribution is 6.18. The van der Waals surface area contributed by atoms with E-state index in [1.807, 2.05) is 24.3 Å². The van der Waals surface area contributed by atoms with Gasteiger partial charge in [0.2, 0.25) is 0 Å². The molecule has 11 aromatic rings. The topological polar surface area (TPSA) is 30.7 Å². The van der Waals surface area contributed by atoms with Crippen molar-refractivity contribution in [2.75, 3.05) is 0 Å². The van der Waals surface area contributed by atoms with Crippen molar-refractivity contribution in [3.05, 3.63) is 237 Å². The smallest absolute Gasteiger partial charge is 0.160 e. The van der Waals surface area contributed by atoms with Crippen LogP contribution in [0.5, 0.6) is 0 Å². The minimum atomic E-state index is 0.686. The zero-order chi connectivity index (χ0) is 40.5. The Kier molecular flexibility index (Phi) is 9.18. The minimum absolute atomic E-state index is 0.686. The summed E-state index contributed by atoms with van der Waals surface area (Å²) in [6.45, 7) is 0. The Morgan fingerprint density at radius 1 is 0.262 bits per heavy atom. The van der Waals surface area contributed by atoms with Gasteiger partial charge in [-0.05, 0) is 40.5 Å². The van der Waals surface area contributed by atoms with Gasteiger partial charge in [0, 0.05) is 49.7 Å². The van der Waals surface area contributed by atoms with Gasteiger partial charge >= 0.3 is 0 Å². The molecule has 0 aliphatic heterocycles. The molecule has 0 bridgehead atoms. The number of nitrogens with zero attached hydrogens (tertiary/aromatic N) is 3. The number of aromatic nitrogens is 3. The Balaban J connectivity index is 1.31. The predicted octanol–water partition coefficient (Wildman–Crippen LogP) is 15.2. The molecule has 0 unspecified atom stereocenters. The lowest BCUT2D eigenvalue weighted by molar-refractivity contribution is 1.17. The fourth-order valence-electron chi connectivity index (χ4n) is 8.81. The summed E-state index contributed by atoms with van der Waals surface area (Å²) < 4.78 is 2.56. The molecule has 2 aromatic heterocycles. The largest absolute Gasteiger partial charge is 0.307 e. The first kappa shape index (κ1) is 36.0. The Morgan fingerprint density at radius 3 is 1.02 bits per heavy atom. The second-order valence-corrected chi connectivity index (χ2v) is 15.3. The molecule has 0 aliphatic rings. The molecule has 0 saturated carbocycles. The average Bonchev–Trinajstić information content (AvgIpc) is 3.69. The number of hydrogen-bond donors (Lipinski definition) is 0. The third-order valence-corrected chi connectivity index (χ3v) is 11.6. The van der Waals surface area contributed by atoms with Gasteiger partial charge in [-0.3, -0.25) is 0 Å². The molecule has 0 spiro atoms. The molecular weight excluding hydrogens is 739 g/mol. The normalized spacial score (nSPS) is 11.3. The fraction of sp³-hybridized carbons (Fsp3) is 0. The van der Waals surface area contributed by atoms with Gasteiger partial charge in [-0.2, -0.15) is 0 Å². The summed E-state index contributed by atoms with van der Waals surface area (Å²) >= 11 is 0. The van der Waals surface area contributed by atoms with Crippen molar-refractivity contribution in [1.82, 2.24) is 14.5 Å². The van der Waals surface area contributed by atoms with Crippen LogP contribution in [0.3, 0.4) is 0 Å². The Morgan fingerprint density at radius 2 is 0.607 bits per heavy atom. The van der Waals surface area contributed by atoms with Crippen LogP contribution in [0.2, 0.25) is 0 Å². The van der Waals surface area contributed by atoms with E-state index >= 15 is 0 Å².